The largest absolute Gasteiger partial charge is 0.490 e. The summed E-state index contributed by atoms with van der Waals surface area (Å²) in [5, 5.41) is 22.1. The maximum Gasteiger partial charge on any atom is 0.309 e. The molecule has 1 aromatic heterocycles. The average molecular weight is 493 g/mol. The number of nitrogens with one attached hydrogen (secondary N) is 1. The summed E-state index contributed by atoms with van der Waals surface area (Å²) in [4.78, 5) is 12.3. The van der Waals surface area contributed by atoms with E-state index in [0.717, 1.165) is 47.5 Å². The lowest BCUT2D eigenvalue weighted by atomic mass is 9.87. The fraction of sp³-hybridized carbons (Fsp3) is 0.464. The minimum Gasteiger partial charge on any atom is -0.490 e. The molecule has 4 rings (SSSR count). The Kier molecular flexibility index (Phi) is 8.72. The van der Waals surface area contributed by atoms with Gasteiger partial charge in [0, 0.05) is 25.6 Å². The third-order valence-electron chi connectivity index (χ3n) is 6.46. The predicted molar refractivity (Wildman–Crippen MR) is 137 cm³/mol. The predicted octanol–water partition coefficient (Wildman–Crippen LogP) is 4.02. The van der Waals surface area contributed by atoms with E-state index in [1.165, 1.54) is 0 Å². The van der Waals surface area contributed by atoms with Crippen molar-refractivity contribution in [3.63, 3.8) is 0 Å². The molecule has 1 unspecified atom stereocenters. The third-order valence-corrected chi connectivity index (χ3v) is 6.46. The number of aryl methyl sites for hydroxylation is 1. The lowest BCUT2D eigenvalue weighted by Gasteiger charge is -2.29. The molecule has 36 heavy (non-hydrogen) atoms. The van der Waals surface area contributed by atoms with Crippen molar-refractivity contribution in [1.29, 1.82) is 0 Å². The van der Waals surface area contributed by atoms with Gasteiger partial charge in [-0.25, -0.2) is 0 Å². The zero-order chi connectivity index (χ0) is 25.5. The quantitative estimate of drug-likeness (QED) is 0.326. The maximum atomic E-state index is 12.3. The number of carbonyl (C=O) groups is 1. The van der Waals surface area contributed by atoms with Crippen LogP contribution in [0.1, 0.15) is 50.8 Å². The molecule has 0 saturated heterocycles. The van der Waals surface area contributed by atoms with Crippen LogP contribution in [0.4, 0.5) is 0 Å². The highest BCUT2D eigenvalue weighted by Gasteiger charge is 2.30. The van der Waals surface area contributed by atoms with Gasteiger partial charge in [0.05, 0.1) is 23.8 Å². The molecular formula is C28H36N4O4. The van der Waals surface area contributed by atoms with Crippen molar-refractivity contribution in [2.45, 2.75) is 70.9 Å². The molecule has 1 saturated carbocycles. The Morgan fingerprint density at radius 1 is 1.14 bits per heavy atom. The van der Waals surface area contributed by atoms with Crippen LogP contribution in [0.15, 0.2) is 54.6 Å². The first-order valence-corrected chi connectivity index (χ1v) is 12.7. The van der Waals surface area contributed by atoms with Gasteiger partial charge in [0.2, 0.25) is 0 Å². The van der Waals surface area contributed by atoms with Crippen molar-refractivity contribution in [2.24, 2.45) is 13.0 Å². The van der Waals surface area contributed by atoms with Crippen LogP contribution in [0.5, 0.6) is 5.75 Å². The van der Waals surface area contributed by atoms with E-state index in [4.69, 9.17) is 9.47 Å². The van der Waals surface area contributed by atoms with E-state index in [9.17, 15) is 9.90 Å². The van der Waals surface area contributed by atoms with Crippen molar-refractivity contribution < 1.29 is 19.4 Å². The number of ether oxygens (including phenoxy) is 2. The zero-order valence-electron chi connectivity index (χ0n) is 21.3. The smallest absolute Gasteiger partial charge is 0.309 e. The molecule has 8 heteroatoms. The molecule has 0 amide bonds. The van der Waals surface area contributed by atoms with Gasteiger partial charge in [-0.3, -0.25) is 14.8 Å². The minimum absolute atomic E-state index is 0.00306. The topological polar surface area (TPSA) is 98.5 Å². The molecule has 3 atom stereocenters. The van der Waals surface area contributed by atoms with Crippen LogP contribution in [0, 0.1) is 5.92 Å². The van der Waals surface area contributed by atoms with Gasteiger partial charge < -0.3 is 14.6 Å². The summed E-state index contributed by atoms with van der Waals surface area (Å²) in [7, 11) is 1.85. The van der Waals surface area contributed by atoms with E-state index in [1.54, 1.807) is 4.68 Å². The second-order valence-electron chi connectivity index (χ2n) is 9.71. The summed E-state index contributed by atoms with van der Waals surface area (Å²) in [6, 6.07) is 17.7. The van der Waals surface area contributed by atoms with E-state index in [2.05, 4.69) is 15.6 Å². The Morgan fingerprint density at radius 2 is 1.89 bits per heavy atom. The Morgan fingerprint density at radius 3 is 2.61 bits per heavy atom. The van der Waals surface area contributed by atoms with Crippen LogP contribution in [-0.2, 0) is 29.5 Å². The first-order chi connectivity index (χ1) is 17.4. The summed E-state index contributed by atoms with van der Waals surface area (Å²) >= 11 is 0. The number of hydrogen-bond acceptors (Lipinski definition) is 7. The highest BCUT2D eigenvalue weighted by molar-refractivity contribution is 5.72. The highest BCUT2D eigenvalue weighted by atomic mass is 16.5. The fourth-order valence-corrected chi connectivity index (χ4v) is 4.60. The molecule has 8 nitrogen and oxygen atoms in total. The van der Waals surface area contributed by atoms with Crippen LogP contribution in [0.2, 0.25) is 0 Å². The van der Waals surface area contributed by atoms with Crippen molar-refractivity contribution in [3.8, 4) is 17.0 Å². The summed E-state index contributed by atoms with van der Waals surface area (Å²) < 4.78 is 13.3. The monoisotopic (exact) mass is 492 g/mol. The van der Waals surface area contributed by atoms with Crippen molar-refractivity contribution in [2.75, 3.05) is 0 Å². The molecule has 1 heterocycles. The van der Waals surface area contributed by atoms with E-state index < -0.39 is 6.23 Å². The van der Waals surface area contributed by atoms with E-state index in [-0.39, 0.29) is 24.1 Å². The molecule has 2 N–H and O–H groups in total. The molecule has 1 aliphatic carbocycles. The maximum absolute atomic E-state index is 12.3. The zero-order valence-corrected chi connectivity index (χ0v) is 21.3. The molecule has 1 fully saturated rings. The summed E-state index contributed by atoms with van der Waals surface area (Å²) in [5.74, 6) is 0.548. The van der Waals surface area contributed by atoms with E-state index >= 15 is 0 Å². The molecule has 3 aromatic rings. The minimum atomic E-state index is -0.678. The van der Waals surface area contributed by atoms with Gasteiger partial charge in [0.1, 0.15) is 17.7 Å². The average Bonchev–Trinajstić information content (AvgIpc) is 3.24. The Labute approximate surface area is 212 Å². The second kappa shape index (κ2) is 12.1. The molecule has 0 bridgehead atoms. The number of esters is 1. The van der Waals surface area contributed by atoms with Gasteiger partial charge in [-0.15, -0.1) is 5.10 Å². The van der Waals surface area contributed by atoms with E-state index in [0.29, 0.717) is 19.4 Å². The summed E-state index contributed by atoms with van der Waals surface area (Å²) in [6.45, 7) is 4.19. The van der Waals surface area contributed by atoms with Gasteiger partial charge in [-0.2, -0.15) is 0 Å². The number of rotatable bonds is 10. The number of aromatic nitrogens is 3. The SMILES string of the molecule is CC(C)OC(=O)[C@H]1CCC[C@H](Oc2ccc(-c3nnn(C)c3CNC(O)Cc3ccccc3)cc2)C1. The number of nitrogens with zero attached hydrogens (tertiary/aromatic N) is 3. The Bertz CT molecular complexity index is 1110. The van der Waals surface area contributed by atoms with Crippen LogP contribution < -0.4 is 10.1 Å². The third kappa shape index (κ3) is 6.92. The van der Waals surface area contributed by atoms with E-state index in [1.807, 2.05) is 75.5 Å². The van der Waals surface area contributed by atoms with Gasteiger partial charge in [-0.05, 0) is 69.4 Å². The number of aliphatic hydroxyl groups excluding tert-OH is 1. The summed E-state index contributed by atoms with van der Waals surface area (Å²) in [5.41, 5.74) is 3.64. The number of hydrogen-bond donors (Lipinski definition) is 2. The lowest BCUT2D eigenvalue weighted by Crippen LogP contribution is -2.31. The number of carbonyl (C=O) groups excluding carboxylic acids is 1. The molecule has 0 aliphatic heterocycles. The van der Waals surface area contributed by atoms with Crippen LogP contribution >= 0.6 is 0 Å². The highest BCUT2D eigenvalue weighted by Crippen LogP contribution is 2.30. The number of benzene rings is 2. The van der Waals surface area contributed by atoms with Gasteiger partial charge in [0.25, 0.3) is 0 Å². The standard InChI is InChI=1S/C28H36N4O4/c1-19(2)35-28(34)22-10-7-11-24(17-22)36-23-14-12-21(13-15-23)27-25(32(3)31-30-27)18-29-26(33)16-20-8-5-4-6-9-20/h4-6,8-9,12-15,19,22,24,26,29,33H,7,10-11,16-18H2,1-3H3/t22-,24-,26?/m0/s1. The molecule has 0 spiro atoms. The van der Waals surface area contributed by atoms with Crippen molar-refractivity contribution >= 4 is 5.97 Å². The van der Waals surface area contributed by atoms with Crippen LogP contribution in [0.3, 0.4) is 0 Å². The molecule has 192 valence electrons. The van der Waals surface area contributed by atoms with Crippen LogP contribution in [-0.4, -0.2) is 44.5 Å². The normalized spacial score (nSPS) is 18.7. The van der Waals surface area contributed by atoms with Crippen molar-refractivity contribution in [3.05, 3.63) is 65.9 Å². The molecule has 2 aromatic carbocycles. The Hall–Kier alpha value is -3.23. The number of aliphatic hydroxyl groups is 1. The van der Waals surface area contributed by atoms with Gasteiger partial charge in [0.15, 0.2) is 0 Å². The molecule has 0 radical (unpaired) electrons. The first-order valence-electron chi connectivity index (χ1n) is 12.7. The summed E-state index contributed by atoms with van der Waals surface area (Å²) in [6.07, 6.45) is 3.15. The second-order valence-corrected chi connectivity index (χ2v) is 9.71. The fourth-order valence-electron chi connectivity index (χ4n) is 4.60. The first kappa shape index (κ1) is 25.9. The van der Waals surface area contributed by atoms with Crippen LogP contribution in [0.25, 0.3) is 11.3 Å². The molecular weight excluding hydrogens is 456 g/mol. The molecule has 1 aliphatic rings. The van der Waals surface area contributed by atoms with Crippen molar-refractivity contribution in [1.82, 2.24) is 20.3 Å². The van der Waals surface area contributed by atoms with Gasteiger partial charge >= 0.3 is 5.97 Å². The Balaban J connectivity index is 1.35. The van der Waals surface area contributed by atoms with Gasteiger partial charge in [-0.1, -0.05) is 35.5 Å². The lowest BCUT2D eigenvalue weighted by molar-refractivity contribution is -0.154.